The Morgan fingerprint density at radius 2 is 2.24 bits per heavy atom. The quantitative estimate of drug-likeness (QED) is 0.611. The van der Waals surface area contributed by atoms with Gasteiger partial charge in [-0.2, -0.15) is 4.90 Å². The highest BCUT2D eigenvalue weighted by molar-refractivity contribution is 7.59. The van der Waals surface area contributed by atoms with Gasteiger partial charge in [0, 0.05) is 5.69 Å². The van der Waals surface area contributed by atoms with E-state index in [1.807, 2.05) is 31.2 Å². The first kappa shape index (κ1) is 11.9. The van der Waals surface area contributed by atoms with Gasteiger partial charge in [0.1, 0.15) is 5.75 Å². The van der Waals surface area contributed by atoms with E-state index < -0.39 is 0 Å². The molecule has 3 heteroatoms. The fraction of sp³-hybridized carbons (Fsp3) is 0.214. The van der Waals surface area contributed by atoms with Crippen molar-refractivity contribution in [3.63, 3.8) is 0 Å². The van der Waals surface area contributed by atoms with E-state index in [9.17, 15) is 0 Å². The van der Waals surface area contributed by atoms with Crippen molar-refractivity contribution in [1.82, 2.24) is 4.98 Å². The fourth-order valence-corrected chi connectivity index (χ4v) is 2.28. The molecule has 0 saturated heterocycles. The van der Waals surface area contributed by atoms with Crippen LogP contribution in [0.15, 0.2) is 35.7 Å². The van der Waals surface area contributed by atoms with Crippen molar-refractivity contribution < 1.29 is 4.74 Å². The van der Waals surface area contributed by atoms with Gasteiger partial charge in [0.25, 0.3) is 0 Å². The molecule has 0 aliphatic heterocycles. The average Bonchev–Trinajstić information content (AvgIpc) is 2.34. The third kappa shape index (κ3) is 2.11. The summed E-state index contributed by atoms with van der Waals surface area (Å²) in [6, 6.07) is 5.78. The standard InChI is InChI=1S/C14H15NOS/c1-4-5-11-9(2)15-13-7-6-10(16-3)8-12(13)14(11)17/h4,6-8H,1,5H2,2-3H3,(H,15,17)/p-1. The van der Waals surface area contributed by atoms with Crippen LogP contribution in [0.25, 0.3) is 10.9 Å². The highest BCUT2D eigenvalue weighted by Crippen LogP contribution is 2.27. The topological polar surface area (TPSA) is 22.1 Å². The maximum Gasteiger partial charge on any atom is 0.119 e. The van der Waals surface area contributed by atoms with Crippen LogP contribution in [0.4, 0.5) is 0 Å². The first-order chi connectivity index (χ1) is 8.17. The van der Waals surface area contributed by atoms with Crippen LogP contribution in [0.2, 0.25) is 0 Å². The summed E-state index contributed by atoms with van der Waals surface area (Å²) < 4.78 is 5.21. The summed E-state index contributed by atoms with van der Waals surface area (Å²) in [7, 11) is 1.65. The van der Waals surface area contributed by atoms with E-state index in [1.165, 1.54) is 0 Å². The van der Waals surface area contributed by atoms with Crippen LogP contribution in [0, 0.1) is 6.92 Å². The second kappa shape index (κ2) is 4.72. The van der Waals surface area contributed by atoms with Crippen LogP contribution in [-0.2, 0) is 19.0 Å². The first-order valence-electron chi connectivity index (χ1n) is 5.42. The van der Waals surface area contributed by atoms with Crippen LogP contribution in [0.1, 0.15) is 11.3 Å². The van der Waals surface area contributed by atoms with Crippen molar-refractivity contribution >= 4 is 23.5 Å². The monoisotopic (exact) mass is 244 g/mol. The molecule has 0 saturated carbocycles. The number of ether oxygens (including phenoxy) is 1. The molecule has 0 radical (unpaired) electrons. The van der Waals surface area contributed by atoms with E-state index in [2.05, 4.69) is 11.6 Å². The Hall–Kier alpha value is -1.61. The summed E-state index contributed by atoms with van der Waals surface area (Å²) in [5.41, 5.74) is 2.98. The normalized spacial score (nSPS) is 10.5. The van der Waals surface area contributed by atoms with Crippen LogP contribution >= 0.6 is 0 Å². The lowest BCUT2D eigenvalue weighted by Crippen LogP contribution is -1.97. The molecule has 2 aromatic rings. The number of hydrogen-bond acceptors (Lipinski definition) is 3. The van der Waals surface area contributed by atoms with E-state index in [-0.39, 0.29) is 0 Å². The van der Waals surface area contributed by atoms with E-state index >= 15 is 0 Å². The summed E-state index contributed by atoms with van der Waals surface area (Å²) in [4.78, 5) is 5.41. The molecule has 17 heavy (non-hydrogen) atoms. The Balaban J connectivity index is 2.73. The van der Waals surface area contributed by atoms with Crippen molar-refractivity contribution in [1.29, 1.82) is 0 Å². The SMILES string of the molecule is C=CCc1c(C)nc2ccc(OC)cc2c1[S-]. The van der Waals surface area contributed by atoms with Crippen LogP contribution in [0.3, 0.4) is 0 Å². The molecule has 0 spiro atoms. The van der Waals surface area contributed by atoms with Crippen LogP contribution < -0.4 is 4.74 Å². The minimum absolute atomic E-state index is 0.755. The molecule has 1 aromatic heterocycles. The molecule has 0 N–H and O–H groups in total. The molecule has 88 valence electrons. The number of aromatic nitrogens is 1. The number of hydrogen-bond donors (Lipinski definition) is 0. The molecule has 2 rings (SSSR count). The lowest BCUT2D eigenvalue weighted by Gasteiger charge is -2.19. The summed E-state index contributed by atoms with van der Waals surface area (Å²) in [6.45, 7) is 5.74. The Kier molecular flexibility index (Phi) is 3.29. The second-order valence-corrected chi connectivity index (χ2v) is 4.29. The van der Waals surface area contributed by atoms with Gasteiger partial charge in [-0.1, -0.05) is 6.08 Å². The summed E-state index contributed by atoms with van der Waals surface area (Å²) in [6.07, 6.45) is 2.61. The van der Waals surface area contributed by atoms with Crippen LogP contribution in [-0.4, -0.2) is 12.1 Å². The second-order valence-electron chi connectivity index (χ2n) is 3.88. The molecular formula is C14H14NOS-. The number of methoxy groups -OCH3 is 1. The number of nitrogens with zero attached hydrogens (tertiary/aromatic N) is 1. The van der Waals surface area contributed by atoms with Gasteiger partial charge in [0.15, 0.2) is 0 Å². The lowest BCUT2D eigenvalue weighted by molar-refractivity contribution is 0.415. The molecule has 0 bridgehead atoms. The molecule has 0 atom stereocenters. The Bertz CT molecular complexity index is 578. The smallest absolute Gasteiger partial charge is 0.119 e. The molecule has 0 unspecified atom stereocenters. The molecule has 1 aromatic carbocycles. The number of allylic oxidation sites excluding steroid dienone is 1. The zero-order chi connectivity index (χ0) is 12.4. The highest BCUT2D eigenvalue weighted by Gasteiger charge is 2.04. The maximum atomic E-state index is 5.51. The fourth-order valence-electron chi connectivity index (χ4n) is 1.88. The molecule has 0 aliphatic rings. The van der Waals surface area contributed by atoms with Gasteiger partial charge in [-0.3, -0.25) is 4.98 Å². The Morgan fingerprint density at radius 1 is 1.47 bits per heavy atom. The van der Waals surface area contributed by atoms with Gasteiger partial charge in [-0.15, -0.1) is 6.58 Å². The van der Waals surface area contributed by atoms with Gasteiger partial charge < -0.3 is 17.4 Å². The lowest BCUT2D eigenvalue weighted by atomic mass is 10.1. The summed E-state index contributed by atoms with van der Waals surface area (Å²) in [5, 5.41) is 0.974. The molecule has 1 heterocycles. The number of aryl methyl sites for hydroxylation is 1. The number of benzene rings is 1. The predicted octanol–water partition coefficient (Wildman–Crippen LogP) is 3.19. The summed E-state index contributed by atoms with van der Waals surface area (Å²) in [5.74, 6) is 0.804. The molecule has 0 aliphatic carbocycles. The Morgan fingerprint density at radius 3 is 2.88 bits per heavy atom. The minimum atomic E-state index is 0.755. The molecule has 2 nitrogen and oxygen atoms in total. The van der Waals surface area contributed by atoms with Crippen molar-refractivity contribution in [3.8, 4) is 5.75 Å². The van der Waals surface area contributed by atoms with Gasteiger partial charge in [0.05, 0.1) is 12.6 Å². The minimum Gasteiger partial charge on any atom is -0.779 e. The van der Waals surface area contributed by atoms with E-state index in [4.69, 9.17) is 17.4 Å². The maximum absolute atomic E-state index is 5.51. The van der Waals surface area contributed by atoms with Crippen LogP contribution in [0.5, 0.6) is 5.75 Å². The van der Waals surface area contributed by atoms with Crippen molar-refractivity contribution in [2.24, 2.45) is 0 Å². The van der Waals surface area contributed by atoms with Crippen molar-refractivity contribution in [3.05, 3.63) is 42.1 Å². The number of pyridine rings is 1. The molecule has 0 fully saturated rings. The van der Waals surface area contributed by atoms with Crippen molar-refractivity contribution in [2.75, 3.05) is 7.11 Å². The first-order valence-corrected chi connectivity index (χ1v) is 5.83. The molecule has 0 amide bonds. The third-order valence-electron chi connectivity index (χ3n) is 2.80. The zero-order valence-corrected chi connectivity index (χ0v) is 10.8. The van der Waals surface area contributed by atoms with E-state index in [1.54, 1.807) is 7.11 Å². The zero-order valence-electron chi connectivity index (χ0n) is 9.99. The number of fused-ring (bicyclic) bond motifs is 1. The number of rotatable bonds is 3. The largest absolute Gasteiger partial charge is 0.779 e. The predicted molar refractivity (Wildman–Crippen MR) is 72.6 cm³/mol. The van der Waals surface area contributed by atoms with E-state index in [0.717, 1.165) is 39.2 Å². The average molecular weight is 244 g/mol. The van der Waals surface area contributed by atoms with Gasteiger partial charge in [0.2, 0.25) is 0 Å². The van der Waals surface area contributed by atoms with Gasteiger partial charge in [-0.05, 0) is 42.5 Å². The third-order valence-corrected chi connectivity index (χ3v) is 3.26. The summed E-state index contributed by atoms with van der Waals surface area (Å²) >= 11 is 5.51. The van der Waals surface area contributed by atoms with Gasteiger partial charge in [-0.25, -0.2) is 0 Å². The van der Waals surface area contributed by atoms with Gasteiger partial charge >= 0.3 is 0 Å². The highest BCUT2D eigenvalue weighted by atomic mass is 32.1. The Labute approximate surface area is 107 Å². The van der Waals surface area contributed by atoms with E-state index in [0.29, 0.717) is 0 Å². The molecular weight excluding hydrogens is 230 g/mol. The van der Waals surface area contributed by atoms with Crippen molar-refractivity contribution in [2.45, 2.75) is 18.2 Å².